The number of aldehydes is 2. The van der Waals surface area contributed by atoms with Gasteiger partial charge in [0.25, 0.3) is 0 Å². The van der Waals surface area contributed by atoms with Crippen molar-refractivity contribution in [3.63, 3.8) is 0 Å². The van der Waals surface area contributed by atoms with E-state index in [4.69, 9.17) is 5.11 Å². The van der Waals surface area contributed by atoms with Gasteiger partial charge in [-0.25, -0.2) is 4.79 Å². The second-order valence-corrected chi connectivity index (χ2v) is 1.94. The molecular weight excluding hydrogens is 150 g/mol. The highest BCUT2D eigenvalue weighted by Gasteiger charge is 2.08. The third-order valence-corrected chi connectivity index (χ3v) is 1.07. The van der Waals surface area contributed by atoms with Crippen LogP contribution in [-0.4, -0.2) is 29.8 Å². The minimum absolute atomic E-state index is 0.184. The van der Waals surface area contributed by atoms with E-state index in [9.17, 15) is 14.4 Å². The summed E-state index contributed by atoms with van der Waals surface area (Å²) in [5.41, 5.74) is 0. The van der Waals surface area contributed by atoms with Crippen LogP contribution in [0, 0.1) is 0 Å². The van der Waals surface area contributed by atoms with E-state index in [2.05, 4.69) is 0 Å². The quantitative estimate of drug-likeness (QED) is 0.544. The van der Waals surface area contributed by atoms with Gasteiger partial charge in [0.15, 0.2) is 0 Å². The molecule has 0 aliphatic carbocycles. The van der Waals surface area contributed by atoms with Crippen LogP contribution in [0.5, 0.6) is 0 Å². The smallest absolute Gasteiger partial charge is 0.405 e. The SMILES string of the molecule is O=CCCC(C=O)NC(=O)O. The first-order valence-corrected chi connectivity index (χ1v) is 3.09. The number of carbonyl (C=O) groups is 3. The number of carbonyl (C=O) groups excluding carboxylic acids is 2. The molecule has 0 aromatic rings. The van der Waals surface area contributed by atoms with Crippen LogP contribution in [0.4, 0.5) is 4.79 Å². The molecular formula is C6H9NO4. The molecule has 0 saturated carbocycles. The van der Waals surface area contributed by atoms with E-state index in [0.29, 0.717) is 12.6 Å². The summed E-state index contributed by atoms with van der Waals surface area (Å²) in [5, 5.41) is 10.1. The Morgan fingerprint density at radius 1 is 1.55 bits per heavy atom. The molecule has 0 spiro atoms. The Balaban J connectivity index is 3.65. The molecule has 0 bridgehead atoms. The summed E-state index contributed by atoms with van der Waals surface area (Å²) >= 11 is 0. The molecule has 0 fully saturated rings. The number of nitrogens with one attached hydrogen (secondary N) is 1. The lowest BCUT2D eigenvalue weighted by Gasteiger charge is -2.06. The Kier molecular flexibility index (Phi) is 4.72. The highest BCUT2D eigenvalue weighted by Crippen LogP contribution is 1.90. The summed E-state index contributed by atoms with van der Waals surface area (Å²) < 4.78 is 0. The summed E-state index contributed by atoms with van der Waals surface area (Å²) in [6, 6.07) is -0.766. The van der Waals surface area contributed by atoms with Gasteiger partial charge in [-0.2, -0.15) is 0 Å². The van der Waals surface area contributed by atoms with Crippen LogP contribution < -0.4 is 5.32 Å². The van der Waals surface area contributed by atoms with Gasteiger partial charge in [0.05, 0.1) is 6.04 Å². The standard InChI is InChI=1S/C6H9NO4/c8-3-1-2-5(4-9)7-6(10)11/h3-5,7H,1-2H2,(H,10,11). The second kappa shape index (κ2) is 5.40. The molecule has 0 heterocycles. The molecule has 1 atom stereocenters. The van der Waals surface area contributed by atoms with Crippen molar-refractivity contribution in [2.45, 2.75) is 18.9 Å². The number of rotatable bonds is 5. The van der Waals surface area contributed by atoms with Crippen LogP contribution in [0.3, 0.4) is 0 Å². The molecule has 11 heavy (non-hydrogen) atoms. The monoisotopic (exact) mass is 159 g/mol. The number of hydrogen-bond donors (Lipinski definition) is 2. The van der Waals surface area contributed by atoms with Crippen molar-refractivity contribution in [1.82, 2.24) is 5.32 Å². The predicted molar refractivity (Wildman–Crippen MR) is 36.3 cm³/mol. The minimum Gasteiger partial charge on any atom is -0.465 e. The van der Waals surface area contributed by atoms with Crippen molar-refractivity contribution in [2.75, 3.05) is 0 Å². The van der Waals surface area contributed by atoms with Gasteiger partial charge in [-0.1, -0.05) is 0 Å². The average molecular weight is 159 g/mol. The second-order valence-electron chi connectivity index (χ2n) is 1.94. The van der Waals surface area contributed by atoms with Crippen LogP contribution in [-0.2, 0) is 9.59 Å². The molecule has 0 aromatic carbocycles. The van der Waals surface area contributed by atoms with Crippen LogP contribution in [0.1, 0.15) is 12.8 Å². The third kappa shape index (κ3) is 5.07. The fourth-order valence-electron chi connectivity index (χ4n) is 0.580. The van der Waals surface area contributed by atoms with Gasteiger partial charge in [0, 0.05) is 6.42 Å². The molecule has 0 aliphatic heterocycles. The van der Waals surface area contributed by atoms with Crippen molar-refractivity contribution >= 4 is 18.7 Å². The van der Waals surface area contributed by atoms with Crippen molar-refractivity contribution in [3.8, 4) is 0 Å². The molecule has 2 N–H and O–H groups in total. The van der Waals surface area contributed by atoms with Crippen LogP contribution >= 0.6 is 0 Å². The van der Waals surface area contributed by atoms with Crippen molar-refractivity contribution in [1.29, 1.82) is 0 Å². The molecule has 1 amide bonds. The predicted octanol–water partition coefficient (Wildman–Crippen LogP) is -0.199. The Hall–Kier alpha value is -1.39. The van der Waals surface area contributed by atoms with E-state index in [0.717, 1.165) is 0 Å². The lowest BCUT2D eigenvalue weighted by atomic mass is 10.2. The average Bonchev–Trinajstić information content (AvgIpc) is 1.97. The lowest BCUT2D eigenvalue weighted by molar-refractivity contribution is -0.110. The van der Waals surface area contributed by atoms with Crippen molar-refractivity contribution < 1.29 is 19.5 Å². The maximum Gasteiger partial charge on any atom is 0.405 e. The number of carboxylic acid groups (broad SMARTS) is 1. The van der Waals surface area contributed by atoms with E-state index >= 15 is 0 Å². The van der Waals surface area contributed by atoms with Gasteiger partial charge in [0.2, 0.25) is 0 Å². The summed E-state index contributed by atoms with van der Waals surface area (Å²) in [4.78, 5) is 29.9. The highest BCUT2D eigenvalue weighted by atomic mass is 16.4. The molecule has 5 heteroatoms. The fourth-order valence-corrected chi connectivity index (χ4v) is 0.580. The zero-order chi connectivity index (χ0) is 8.69. The molecule has 0 rings (SSSR count). The van der Waals surface area contributed by atoms with Crippen molar-refractivity contribution in [2.24, 2.45) is 0 Å². The van der Waals surface area contributed by atoms with Crippen LogP contribution in [0.25, 0.3) is 0 Å². The molecule has 5 nitrogen and oxygen atoms in total. The maximum atomic E-state index is 10.1. The van der Waals surface area contributed by atoms with Crippen LogP contribution in [0.15, 0.2) is 0 Å². The molecule has 0 radical (unpaired) electrons. The van der Waals surface area contributed by atoms with E-state index in [-0.39, 0.29) is 12.8 Å². The fraction of sp³-hybridized carbons (Fsp3) is 0.500. The Labute approximate surface area is 63.4 Å². The van der Waals surface area contributed by atoms with Gasteiger partial charge in [0.1, 0.15) is 12.6 Å². The van der Waals surface area contributed by atoms with Crippen molar-refractivity contribution in [3.05, 3.63) is 0 Å². The number of amides is 1. The first kappa shape index (κ1) is 9.61. The number of hydrogen-bond acceptors (Lipinski definition) is 3. The molecule has 0 aromatic heterocycles. The first-order valence-electron chi connectivity index (χ1n) is 3.09. The van der Waals surface area contributed by atoms with Gasteiger partial charge >= 0.3 is 6.09 Å². The zero-order valence-corrected chi connectivity index (χ0v) is 5.82. The summed E-state index contributed by atoms with van der Waals surface area (Å²) in [7, 11) is 0. The molecule has 62 valence electrons. The van der Waals surface area contributed by atoms with Gasteiger partial charge in [-0.15, -0.1) is 0 Å². The van der Waals surface area contributed by atoms with Gasteiger partial charge in [-0.3, -0.25) is 0 Å². The van der Waals surface area contributed by atoms with E-state index in [1.54, 1.807) is 0 Å². The molecule has 1 unspecified atom stereocenters. The third-order valence-electron chi connectivity index (χ3n) is 1.07. The molecule has 0 aliphatic rings. The lowest BCUT2D eigenvalue weighted by Crippen LogP contribution is -2.34. The Morgan fingerprint density at radius 2 is 2.18 bits per heavy atom. The Morgan fingerprint density at radius 3 is 2.55 bits per heavy atom. The van der Waals surface area contributed by atoms with Crippen LogP contribution in [0.2, 0.25) is 0 Å². The largest absolute Gasteiger partial charge is 0.465 e. The van der Waals surface area contributed by atoms with E-state index in [1.807, 2.05) is 5.32 Å². The van der Waals surface area contributed by atoms with E-state index < -0.39 is 12.1 Å². The van der Waals surface area contributed by atoms with Gasteiger partial charge < -0.3 is 20.0 Å². The normalized spacial score (nSPS) is 11.6. The highest BCUT2D eigenvalue weighted by molar-refractivity contribution is 5.71. The first-order chi connectivity index (χ1) is 5.20. The minimum atomic E-state index is -1.26. The maximum absolute atomic E-state index is 10.1. The molecule has 0 saturated heterocycles. The zero-order valence-electron chi connectivity index (χ0n) is 5.82. The Bertz CT molecular complexity index is 157. The van der Waals surface area contributed by atoms with Gasteiger partial charge in [-0.05, 0) is 6.42 Å². The van der Waals surface area contributed by atoms with E-state index in [1.165, 1.54) is 0 Å². The topological polar surface area (TPSA) is 83.5 Å². The summed E-state index contributed by atoms with van der Waals surface area (Å²) in [5.74, 6) is 0. The summed E-state index contributed by atoms with van der Waals surface area (Å²) in [6.07, 6.45) is 0.258. The summed E-state index contributed by atoms with van der Waals surface area (Å²) in [6.45, 7) is 0.